The molecule has 9 heteroatoms. The average molecular weight is 278 g/mol. The molecule has 1 atom stereocenters. The Bertz CT molecular complexity index is 308. The van der Waals surface area contributed by atoms with Crippen molar-refractivity contribution in [3.63, 3.8) is 0 Å². The Morgan fingerprint density at radius 1 is 1.26 bits per heavy atom. The predicted molar refractivity (Wildman–Crippen MR) is 62.6 cm³/mol. The first-order valence-electron chi connectivity index (χ1n) is 5.84. The number of aliphatic carboxylic acids is 1. The van der Waals surface area contributed by atoms with Crippen molar-refractivity contribution in [3.8, 4) is 0 Å². The molecule has 0 aromatic rings. The highest BCUT2D eigenvalue weighted by atomic mass is 16.9. The second-order valence-corrected chi connectivity index (χ2v) is 3.82. The van der Waals surface area contributed by atoms with Crippen LogP contribution in [0.3, 0.4) is 0 Å². The van der Waals surface area contributed by atoms with Crippen molar-refractivity contribution in [1.82, 2.24) is 0 Å². The molecule has 0 aromatic carbocycles. The van der Waals surface area contributed by atoms with Crippen molar-refractivity contribution in [2.75, 3.05) is 13.2 Å². The van der Waals surface area contributed by atoms with Crippen molar-refractivity contribution < 1.29 is 29.4 Å². The molecule has 0 saturated heterocycles. The minimum absolute atomic E-state index is 0.0130. The Kier molecular flexibility index (Phi) is 9.06. The highest BCUT2D eigenvalue weighted by molar-refractivity contribution is 5.76. The van der Waals surface area contributed by atoms with E-state index >= 15 is 0 Å². The summed E-state index contributed by atoms with van der Waals surface area (Å²) in [5.74, 6) is -1.66. The minimum atomic E-state index is -1.02. The summed E-state index contributed by atoms with van der Waals surface area (Å²) in [5.41, 5.74) is 5.43. The number of carbonyl (C=O) groups is 2. The van der Waals surface area contributed by atoms with Gasteiger partial charge in [0.05, 0.1) is 13.2 Å². The van der Waals surface area contributed by atoms with Gasteiger partial charge in [0.2, 0.25) is 0 Å². The van der Waals surface area contributed by atoms with E-state index in [0.29, 0.717) is 19.3 Å². The molecule has 1 unspecified atom stereocenters. The molecule has 0 aliphatic heterocycles. The Labute approximate surface area is 109 Å². The summed E-state index contributed by atoms with van der Waals surface area (Å²) < 4.78 is 4.83. The lowest BCUT2D eigenvalue weighted by Crippen LogP contribution is -2.33. The summed E-state index contributed by atoms with van der Waals surface area (Å²) in [6.07, 6.45) is 1.49. The smallest absolute Gasteiger partial charge is 0.322 e. The monoisotopic (exact) mass is 278 g/mol. The SMILES string of the molecule is NC(CCC(=O)O)C(=O)OCCCCCO[N+](=O)[O-]. The number of carbonyl (C=O) groups excluding carboxylic acids is 1. The maximum Gasteiger partial charge on any atom is 0.322 e. The third-order valence-electron chi connectivity index (χ3n) is 2.20. The Morgan fingerprint density at radius 3 is 2.47 bits per heavy atom. The minimum Gasteiger partial charge on any atom is -0.481 e. The molecular formula is C10H18N2O7. The zero-order valence-corrected chi connectivity index (χ0v) is 10.4. The molecule has 0 fully saturated rings. The largest absolute Gasteiger partial charge is 0.481 e. The van der Waals surface area contributed by atoms with E-state index in [0.717, 1.165) is 0 Å². The molecular weight excluding hydrogens is 260 g/mol. The van der Waals surface area contributed by atoms with E-state index in [9.17, 15) is 19.7 Å². The zero-order valence-electron chi connectivity index (χ0n) is 10.4. The quantitative estimate of drug-likeness (QED) is 0.234. The second kappa shape index (κ2) is 10.1. The van der Waals surface area contributed by atoms with Crippen LogP contribution in [0.1, 0.15) is 32.1 Å². The van der Waals surface area contributed by atoms with Crippen LogP contribution in [-0.4, -0.2) is 41.4 Å². The lowest BCUT2D eigenvalue weighted by Gasteiger charge is -2.10. The standard InChI is InChI=1S/C10H18N2O7/c11-8(4-5-9(13)14)10(15)18-6-2-1-3-7-19-12(16)17/h8H,1-7,11H2,(H,13,14). The number of nitrogens with zero attached hydrogens (tertiary/aromatic N) is 1. The lowest BCUT2D eigenvalue weighted by molar-refractivity contribution is -0.757. The van der Waals surface area contributed by atoms with Gasteiger partial charge >= 0.3 is 11.9 Å². The van der Waals surface area contributed by atoms with Gasteiger partial charge in [-0.05, 0) is 25.7 Å². The first-order chi connectivity index (χ1) is 8.93. The first kappa shape index (κ1) is 17.1. The van der Waals surface area contributed by atoms with Crippen LogP contribution in [-0.2, 0) is 19.2 Å². The number of carboxylic acid groups (broad SMARTS) is 1. The van der Waals surface area contributed by atoms with Crippen LogP contribution in [0, 0.1) is 10.1 Å². The molecule has 0 heterocycles. The highest BCUT2D eigenvalue weighted by Crippen LogP contribution is 2.00. The third kappa shape index (κ3) is 10.9. The van der Waals surface area contributed by atoms with Crippen LogP contribution in [0.25, 0.3) is 0 Å². The van der Waals surface area contributed by atoms with Crippen LogP contribution < -0.4 is 5.73 Å². The molecule has 9 nitrogen and oxygen atoms in total. The summed E-state index contributed by atoms with van der Waals surface area (Å²) in [7, 11) is 0. The van der Waals surface area contributed by atoms with Crippen molar-refractivity contribution in [1.29, 1.82) is 0 Å². The number of esters is 1. The molecule has 0 aromatic heterocycles. The van der Waals surface area contributed by atoms with Crippen molar-refractivity contribution in [2.45, 2.75) is 38.1 Å². The van der Waals surface area contributed by atoms with Gasteiger partial charge < -0.3 is 20.4 Å². The van der Waals surface area contributed by atoms with E-state index in [1.54, 1.807) is 0 Å². The fourth-order valence-electron chi connectivity index (χ4n) is 1.20. The van der Waals surface area contributed by atoms with E-state index < -0.39 is 23.1 Å². The fraction of sp³-hybridized carbons (Fsp3) is 0.800. The molecule has 110 valence electrons. The van der Waals surface area contributed by atoms with Crippen molar-refractivity contribution >= 4 is 11.9 Å². The van der Waals surface area contributed by atoms with Gasteiger partial charge in [-0.15, -0.1) is 10.1 Å². The fourth-order valence-corrected chi connectivity index (χ4v) is 1.20. The molecule has 3 N–H and O–H groups in total. The number of hydrogen-bond acceptors (Lipinski definition) is 7. The number of nitrogens with two attached hydrogens (primary N) is 1. The van der Waals surface area contributed by atoms with Gasteiger partial charge in [-0.1, -0.05) is 0 Å². The van der Waals surface area contributed by atoms with E-state index in [1.165, 1.54) is 0 Å². The molecule has 0 aliphatic rings. The molecule has 0 spiro atoms. The summed E-state index contributed by atoms with van der Waals surface area (Å²) in [6.45, 7) is 0.164. The highest BCUT2D eigenvalue weighted by Gasteiger charge is 2.15. The number of rotatable bonds is 11. The van der Waals surface area contributed by atoms with Crippen LogP contribution in [0.5, 0.6) is 0 Å². The lowest BCUT2D eigenvalue weighted by atomic mass is 10.2. The first-order valence-corrected chi connectivity index (χ1v) is 5.84. The second-order valence-electron chi connectivity index (χ2n) is 3.82. The van der Waals surface area contributed by atoms with Gasteiger partial charge in [-0.25, -0.2) is 0 Å². The number of carboxylic acids is 1. The van der Waals surface area contributed by atoms with Crippen LogP contribution in [0.2, 0.25) is 0 Å². The van der Waals surface area contributed by atoms with Gasteiger partial charge in [0.1, 0.15) is 6.04 Å². The van der Waals surface area contributed by atoms with Gasteiger partial charge in [0.15, 0.2) is 0 Å². The summed E-state index contributed by atoms with van der Waals surface area (Å²) >= 11 is 0. The van der Waals surface area contributed by atoms with E-state index in [2.05, 4.69) is 4.84 Å². The maximum atomic E-state index is 11.3. The van der Waals surface area contributed by atoms with Gasteiger partial charge in [-0.3, -0.25) is 9.59 Å². The summed E-state index contributed by atoms with van der Waals surface area (Å²) in [4.78, 5) is 35.5. The Morgan fingerprint density at radius 2 is 1.89 bits per heavy atom. The van der Waals surface area contributed by atoms with E-state index in [4.69, 9.17) is 15.6 Å². The van der Waals surface area contributed by atoms with Crippen LogP contribution >= 0.6 is 0 Å². The van der Waals surface area contributed by atoms with E-state index in [1.807, 2.05) is 0 Å². The third-order valence-corrected chi connectivity index (χ3v) is 2.20. The molecule has 0 radical (unpaired) electrons. The van der Waals surface area contributed by atoms with E-state index in [-0.39, 0.29) is 26.1 Å². The summed E-state index contributed by atoms with van der Waals surface area (Å²) in [6, 6.07) is -0.936. The molecule has 0 saturated carbocycles. The summed E-state index contributed by atoms with van der Waals surface area (Å²) in [5, 5.41) is 17.4. The van der Waals surface area contributed by atoms with Crippen molar-refractivity contribution in [3.05, 3.63) is 10.1 Å². The Balaban J connectivity index is 3.47. The Hall–Kier alpha value is -1.90. The molecule has 0 amide bonds. The normalized spacial score (nSPS) is 11.6. The number of hydrogen-bond donors (Lipinski definition) is 2. The molecule has 0 bridgehead atoms. The predicted octanol–water partition coefficient (Wildman–Crippen LogP) is 0.100. The number of ether oxygens (including phenoxy) is 1. The average Bonchev–Trinajstić information content (AvgIpc) is 2.33. The molecule has 19 heavy (non-hydrogen) atoms. The van der Waals surface area contributed by atoms with Crippen LogP contribution in [0.4, 0.5) is 0 Å². The topological polar surface area (TPSA) is 142 Å². The van der Waals surface area contributed by atoms with Gasteiger partial charge in [0.25, 0.3) is 5.09 Å². The van der Waals surface area contributed by atoms with Crippen LogP contribution in [0.15, 0.2) is 0 Å². The molecule has 0 rings (SSSR count). The zero-order chi connectivity index (χ0) is 14.7. The van der Waals surface area contributed by atoms with Gasteiger partial charge in [0, 0.05) is 6.42 Å². The number of unbranched alkanes of at least 4 members (excludes halogenated alkanes) is 2. The maximum absolute atomic E-state index is 11.3. The molecule has 0 aliphatic carbocycles. The van der Waals surface area contributed by atoms with Crippen molar-refractivity contribution in [2.24, 2.45) is 5.73 Å². The van der Waals surface area contributed by atoms with Gasteiger partial charge in [-0.2, -0.15) is 0 Å².